The van der Waals surface area contributed by atoms with Gasteiger partial charge in [0.15, 0.2) is 30.4 Å². The Morgan fingerprint density at radius 2 is 1.85 bits per heavy atom. The molecule has 8 rings (SSSR count). The first-order valence-electron chi connectivity index (χ1n) is 17.7. The van der Waals surface area contributed by atoms with Crippen molar-refractivity contribution in [1.82, 2.24) is 9.88 Å². The minimum Gasteiger partial charge on any atom is -0.507 e. The lowest BCUT2D eigenvalue weighted by Gasteiger charge is -2.42. The lowest BCUT2D eigenvalue weighted by molar-refractivity contribution is -0.254. The molecule has 0 bridgehead atoms. The second kappa shape index (κ2) is 15.5. The normalized spacial score (nSPS) is 28.8. The van der Waals surface area contributed by atoms with Crippen LogP contribution in [-0.4, -0.2) is 114 Å². The number of nitrogens with zero attached hydrogens (tertiary/aromatic N) is 2. The second-order valence-corrected chi connectivity index (χ2v) is 16.0. The Morgan fingerprint density at radius 3 is 2.63 bits per heavy atom. The number of methoxy groups -OCH3 is 2. The van der Waals surface area contributed by atoms with E-state index in [1.54, 1.807) is 25.4 Å². The van der Waals surface area contributed by atoms with E-state index in [4.69, 9.17) is 33.2 Å². The number of Topliss-reactive ketones (excluding diaryl/α,β-unsaturated/α-hetero) is 1. The Balaban J connectivity index is 1.09. The molecule has 0 saturated carbocycles. The summed E-state index contributed by atoms with van der Waals surface area (Å²) in [6.07, 6.45) is -1.30. The number of carbonyl (C=O) groups excluding carboxylic acids is 3. The molecule has 3 saturated heterocycles. The Kier molecular flexibility index (Phi) is 10.7. The number of pyridine rings is 1. The van der Waals surface area contributed by atoms with Gasteiger partial charge in [0.05, 0.1) is 42.6 Å². The number of aromatic hydroxyl groups is 2. The average Bonchev–Trinajstić information content (AvgIpc) is 3.57. The summed E-state index contributed by atoms with van der Waals surface area (Å²) in [5.74, 6) is -2.83. The fraction of sp³-hybridized carbons (Fsp3) is 0.474. The van der Waals surface area contributed by atoms with Crippen molar-refractivity contribution in [2.24, 2.45) is 5.92 Å². The van der Waals surface area contributed by atoms with Gasteiger partial charge in [0, 0.05) is 54.9 Å². The van der Waals surface area contributed by atoms with Crippen molar-refractivity contribution in [3.8, 4) is 17.2 Å². The van der Waals surface area contributed by atoms with Gasteiger partial charge < -0.3 is 43.4 Å². The molecule has 3 aliphatic heterocycles. The van der Waals surface area contributed by atoms with Gasteiger partial charge in [0.1, 0.15) is 40.9 Å². The standard InChI is InChI=1S/C38H40N2O12S2/c1-18-36-22(40-11-12-49-38(47-3)37(40)52-36)15-27(50-18)51-25-14-19(23(41)16-48-17-53-54-26-9-4-5-10-39-26)13-21-29(25)35(45)31-30(33(21)43)32(42)20-7-6-8-24(46-2)28(20)34(31)44/h4-10,18-19,22,25,27,36-38,43,45H,11-17H2,1-3H3/t18-,19+,22-,25-,27-,36+,37+,38-/m0/s1. The number of morpholine rings is 1. The summed E-state index contributed by atoms with van der Waals surface area (Å²) in [4.78, 5) is 48.3. The Hall–Kier alpha value is -3.58. The monoisotopic (exact) mass is 780 g/mol. The number of rotatable bonds is 11. The molecule has 3 aromatic rings. The molecule has 0 unspecified atom stereocenters. The molecule has 1 aromatic heterocycles. The van der Waals surface area contributed by atoms with E-state index < -0.39 is 60.0 Å². The highest BCUT2D eigenvalue weighted by Gasteiger charge is 2.54. The number of ketones is 3. The van der Waals surface area contributed by atoms with Crippen LogP contribution < -0.4 is 4.74 Å². The van der Waals surface area contributed by atoms with Crippen molar-refractivity contribution >= 4 is 38.9 Å². The second-order valence-electron chi connectivity index (χ2n) is 13.7. The quantitative estimate of drug-likeness (QED) is 0.0948. The maximum Gasteiger partial charge on any atom is 0.202 e. The molecule has 4 heterocycles. The average molecular weight is 781 g/mol. The third-order valence-electron chi connectivity index (χ3n) is 10.8. The number of ether oxygens (including phenoxy) is 7. The molecule has 5 aliphatic rings. The van der Waals surface area contributed by atoms with Gasteiger partial charge in [-0.25, -0.2) is 4.98 Å². The fourth-order valence-electron chi connectivity index (χ4n) is 8.32. The molecule has 2 aliphatic carbocycles. The predicted molar refractivity (Wildman–Crippen MR) is 194 cm³/mol. The van der Waals surface area contributed by atoms with Gasteiger partial charge in [-0.05, 0) is 48.8 Å². The number of benzene rings is 2. The zero-order chi connectivity index (χ0) is 37.7. The van der Waals surface area contributed by atoms with Crippen molar-refractivity contribution in [3.63, 3.8) is 0 Å². The Bertz CT molecular complexity index is 1950. The van der Waals surface area contributed by atoms with Crippen molar-refractivity contribution in [2.75, 3.05) is 39.9 Å². The molecular formula is C38H40N2O12S2. The minimum absolute atomic E-state index is 0.00384. The highest BCUT2D eigenvalue weighted by molar-refractivity contribution is 8.76. The number of phenolic OH excluding ortho intramolecular Hbond substituents is 2. The number of carbonyl (C=O) groups is 3. The molecule has 16 heteroatoms. The van der Waals surface area contributed by atoms with Crippen molar-refractivity contribution in [2.45, 2.75) is 74.4 Å². The highest BCUT2D eigenvalue weighted by Crippen LogP contribution is 2.52. The molecule has 54 heavy (non-hydrogen) atoms. The highest BCUT2D eigenvalue weighted by atomic mass is 33.1. The van der Waals surface area contributed by atoms with Crippen LogP contribution in [0.2, 0.25) is 0 Å². The van der Waals surface area contributed by atoms with Crippen LogP contribution in [0.4, 0.5) is 0 Å². The van der Waals surface area contributed by atoms with Gasteiger partial charge in [0.25, 0.3) is 0 Å². The van der Waals surface area contributed by atoms with Crippen LogP contribution in [0.3, 0.4) is 0 Å². The summed E-state index contributed by atoms with van der Waals surface area (Å²) in [5, 5.41) is 24.7. The maximum absolute atomic E-state index is 14.1. The van der Waals surface area contributed by atoms with E-state index in [2.05, 4.69) is 9.88 Å². The summed E-state index contributed by atoms with van der Waals surface area (Å²) < 4.78 is 41.9. The molecule has 2 aromatic carbocycles. The minimum atomic E-state index is -1.00. The van der Waals surface area contributed by atoms with E-state index in [-0.39, 0.29) is 82.4 Å². The Labute approximate surface area is 319 Å². The topological polar surface area (TPSA) is 172 Å². The summed E-state index contributed by atoms with van der Waals surface area (Å²) >= 11 is 0. The van der Waals surface area contributed by atoms with E-state index in [0.717, 1.165) is 5.03 Å². The number of fused-ring (bicyclic) bond motifs is 6. The molecule has 286 valence electrons. The SMILES string of the molecule is COc1cccc2c1C(=O)c1c(O)c3c(c(O)c1C2=O)C[C@@H](C(=O)COCSSc1ccccn1)C[C@@H]3O[C@H]1C[C@H]2[C@H](O[C@@H]3[C@@H](OC)OCCN32)[C@H](C)O1. The van der Waals surface area contributed by atoms with Gasteiger partial charge >= 0.3 is 0 Å². The van der Waals surface area contributed by atoms with Crippen LogP contribution in [0.5, 0.6) is 17.2 Å². The first-order valence-corrected chi connectivity index (χ1v) is 20.1. The molecule has 0 radical (unpaired) electrons. The van der Waals surface area contributed by atoms with Crippen molar-refractivity contribution in [1.29, 1.82) is 0 Å². The van der Waals surface area contributed by atoms with Crippen molar-refractivity contribution < 1.29 is 57.8 Å². The molecule has 14 nitrogen and oxygen atoms in total. The molecule has 3 fully saturated rings. The zero-order valence-corrected chi connectivity index (χ0v) is 31.4. The van der Waals surface area contributed by atoms with E-state index >= 15 is 0 Å². The molecule has 0 spiro atoms. The van der Waals surface area contributed by atoms with E-state index in [1.165, 1.54) is 34.8 Å². The summed E-state index contributed by atoms with van der Waals surface area (Å²) in [7, 11) is 5.78. The largest absolute Gasteiger partial charge is 0.507 e. The first-order chi connectivity index (χ1) is 26.2. The van der Waals surface area contributed by atoms with Crippen molar-refractivity contribution in [3.05, 3.63) is 76.0 Å². The van der Waals surface area contributed by atoms with Crippen LogP contribution in [-0.2, 0) is 39.6 Å². The number of hydrogen-bond donors (Lipinski definition) is 2. The number of phenols is 2. The van der Waals surface area contributed by atoms with Crippen LogP contribution in [0.25, 0.3) is 0 Å². The lowest BCUT2D eigenvalue weighted by atomic mass is 9.73. The zero-order valence-electron chi connectivity index (χ0n) is 29.8. The third kappa shape index (κ3) is 6.60. The van der Waals surface area contributed by atoms with Crippen LogP contribution in [0, 0.1) is 5.92 Å². The van der Waals surface area contributed by atoms with Gasteiger partial charge in [-0.15, -0.1) is 0 Å². The molecule has 0 amide bonds. The van der Waals surface area contributed by atoms with E-state index in [0.29, 0.717) is 19.6 Å². The summed E-state index contributed by atoms with van der Waals surface area (Å²) in [6.45, 7) is 2.77. The smallest absolute Gasteiger partial charge is 0.202 e. The van der Waals surface area contributed by atoms with E-state index in [1.807, 2.05) is 25.1 Å². The predicted octanol–water partition coefficient (Wildman–Crippen LogP) is 4.41. The van der Waals surface area contributed by atoms with Crippen LogP contribution in [0.15, 0.2) is 47.6 Å². The Morgan fingerprint density at radius 1 is 1.02 bits per heavy atom. The van der Waals surface area contributed by atoms with Gasteiger partial charge in [-0.1, -0.05) is 29.0 Å². The fourth-order valence-corrected chi connectivity index (χ4v) is 9.88. The summed E-state index contributed by atoms with van der Waals surface area (Å²) in [5.41, 5.74) is -0.305. The maximum atomic E-state index is 14.1. The lowest BCUT2D eigenvalue weighted by Crippen LogP contribution is -2.55. The molecular weight excluding hydrogens is 741 g/mol. The first kappa shape index (κ1) is 37.3. The van der Waals surface area contributed by atoms with E-state index in [9.17, 15) is 24.6 Å². The number of hydrogen-bond acceptors (Lipinski definition) is 16. The third-order valence-corrected chi connectivity index (χ3v) is 12.7. The van der Waals surface area contributed by atoms with Crippen LogP contribution in [0.1, 0.15) is 68.8 Å². The van der Waals surface area contributed by atoms with Crippen LogP contribution >= 0.6 is 21.6 Å². The van der Waals surface area contributed by atoms with Gasteiger partial charge in [0.2, 0.25) is 5.78 Å². The van der Waals surface area contributed by atoms with Gasteiger partial charge in [-0.2, -0.15) is 0 Å². The molecule has 2 N–H and O–H groups in total. The summed E-state index contributed by atoms with van der Waals surface area (Å²) in [6, 6.07) is 10.1. The number of aromatic nitrogens is 1. The molecule has 8 atom stereocenters. The van der Waals surface area contributed by atoms with Gasteiger partial charge in [-0.3, -0.25) is 19.3 Å².